The van der Waals surface area contributed by atoms with Gasteiger partial charge in [-0.3, -0.25) is 0 Å². The van der Waals surface area contributed by atoms with Crippen LogP contribution >= 0.6 is 15.9 Å². The fourth-order valence-electron chi connectivity index (χ4n) is 2.15. The number of nitrogens with one attached hydrogen (secondary N) is 1. The summed E-state index contributed by atoms with van der Waals surface area (Å²) in [5.41, 5.74) is 0. The molecule has 0 spiro atoms. The molecule has 0 fully saturated rings. The minimum atomic E-state index is -3.62. The Morgan fingerprint density at radius 3 is 2.15 bits per heavy atom. The molecule has 6 heteroatoms. The fraction of sp³-hybridized carbons (Fsp3) is 0.571. The van der Waals surface area contributed by atoms with E-state index >= 15 is 0 Å². The summed E-state index contributed by atoms with van der Waals surface area (Å²) in [6.45, 7) is 8.02. The standard InChI is InChI=1S/C14H22BrNO3S/c1-9(2)14(10(3)4)16-20(17,18)13-8-11(15)6-7-12(13)19-5/h6-10,14,16H,1-5H3. The molecule has 114 valence electrons. The van der Waals surface area contributed by atoms with Crippen LogP contribution in [0, 0.1) is 11.8 Å². The van der Waals surface area contributed by atoms with E-state index in [9.17, 15) is 8.42 Å². The summed E-state index contributed by atoms with van der Waals surface area (Å²) in [5.74, 6) is 0.762. The maximum Gasteiger partial charge on any atom is 0.244 e. The highest BCUT2D eigenvalue weighted by atomic mass is 79.9. The first-order valence-electron chi connectivity index (χ1n) is 6.55. The van der Waals surface area contributed by atoms with Gasteiger partial charge in [0.15, 0.2) is 0 Å². The first-order valence-corrected chi connectivity index (χ1v) is 8.82. The van der Waals surface area contributed by atoms with Crippen molar-refractivity contribution >= 4 is 26.0 Å². The van der Waals surface area contributed by atoms with Crippen molar-refractivity contribution < 1.29 is 13.2 Å². The van der Waals surface area contributed by atoms with Crippen molar-refractivity contribution in [2.24, 2.45) is 11.8 Å². The zero-order chi connectivity index (χ0) is 15.5. The van der Waals surface area contributed by atoms with E-state index in [1.807, 2.05) is 27.7 Å². The molecule has 20 heavy (non-hydrogen) atoms. The SMILES string of the molecule is COc1ccc(Br)cc1S(=O)(=O)NC(C(C)C)C(C)C. The van der Waals surface area contributed by atoms with Crippen molar-refractivity contribution in [2.75, 3.05) is 7.11 Å². The third-order valence-electron chi connectivity index (χ3n) is 3.14. The average Bonchev–Trinajstić information content (AvgIpc) is 2.35. The molecule has 1 rings (SSSR count). The van der Waals surface area contributed by atoms with Gasteiger partial charge in [0.1, 0.15) is 10.6 Å². The van der Waals surface area contributed by atoms with Crippen molar-refractivity contribution in [1.29, 1.82) is 0 Å². The van der Waals surface area contributed by atoms with Gasteiger partial charge in [-0.2, -0.15) is 0 Å². The lowest BCUT2D eigenvalue weighted by Crippen LogP contribution is -2.42. The quantitative estimate of drug-likeness (QED) is 0.842. The Labute approximate surface area is 130 Å². The highest BCUT2D eigenvalue weighted by Crippen LogP contribution is 2.28. The Morgan fingerprint density at radius 2 is 1.70 bits per heavy atom. The number of hydrogen-bond acceptors (Lipinski definition) is 3. The van der Waals surface area contributed by atoms with Crippen molar-refractivity contribution in [1.82, 2.24) is 4.72 Å². The molecule has 0 heterocycles. The van der Waals surface area contributed by atoms with E-state index in [2.05, 4.69) is 20.7 Å². The van der Waals surface area contributed by atoms with Gasteiger partial charge in [-0.1, -0.05) is 43.6 Å². The summed E-state index contributed by atoms with van der Waals surface area (Å²) >= 11 is 3.29. The lowest BCUT2D eigenvalue weighted by atomic mass is 9.94. The van der Waals surface area contributed by atoms with Crippen molar-refractivity contribution in [3.63, 3.8) is 0 Å². The van der Waals surface area contributed by atoms with E-state index in [0.717, 1.165) is 0 Å². The van der Waals surface area contributed by atoms with Crippen LogP contribution in [-0.2, 0) is 10.0 Å². The topological polar surface area (TPSA) is 55.4 Å². The van der Waals surface area contributed by atoms with Crippen molar-refractivity contribution in [3.8, 4) is 5.75 Å². The van der Waals surface area contributed by atoms with Crippen LogP contribution in [-0.4, -0.2) is 21.6 Å². The molecule has 0 saturated heterocycles. The Balaban J connectivity index is 3.20. The number of hydrogen-bond donors (Lipinski definition) is 1. The third kappa shape index (κ3) is 4.20. The maximum absolute atomic E-state index is 12.6. The molecule has 0 atom stereocenters. The number of benzene rings is 1. The van der Waals surface area contributed by atoms with Gasteiger partial charge in [0, 0.05) is 10.5 Å². The van der Waals surface area contributed by atoms with Crippen LogP contribution in [0.5, 0.6) is 5.75 Å². The molecule has 0 radical (unpaired) electrons. The van der Waals surface area contributed by atoms with E-state index in [4.69, 9.17) is 4.74 Å². The lowest BCUT2D eigenvalue weighted by Gasteiger charge is -2.26. The molecule has 1 N–H and O–H groups in total. The van der Waals surface area contributed by atoms with E-state index < -0.39 is 10.0 Å². The number of methoxy groups -OCH3 is 1. The Kier molecular flexibility index (Phi) is 6.04. The van der Waals surface area contributed by atoms with E-state index in [0.29, 0.717) is 10.2 Å². The summed E-state index contributed by atoms with van der Waals surface area (Å²) < 4.78 is 33.8. The van der Waals surface area contributed by atoms with Crippen LogP contribution in [0.3, 0.4) is 0 Å². The molecular weight excluding hydrogens is 342 g/mol. The molecule has 0 unspecified atom stereocenters. The summed E-state index contributed by atoms with van der Waals surface area (Å²) in [6, 6.07) is 4.82. The zero-order valence-corrected chi connectivity index (χ0v) is 14.9. The molecule has 1 aromatic rings. The largest absolute Gasteiger partial charge is 0.495 e. The normalized spacial score (nSPS) is 12.4. The van der Waals surface area contributed by atoms with Crippen LogP contribution in [0.1, 0.15) is 27.7 Å². The van der Waals surface area contributed by atoms with Gasteiger partial charge >= 0.3 is 0 Å². The number of sulfonamides is 1. The number of ether oxygens (including phenoxy) is 1. The summed E-state index contributed by atoms with van der Waals surface area (Å²) in [5, 5.41) is 0. The van der Waals surface area contributed by atoms with Crippen LogP contribution in [0.25, 0.3) is 0 Å². The second-order valence-corrected chi connectivity index (χ2v) is 8.03. The van der Waals surface area contributed by atoms with E-state index in [-0.39, 0.29) is 22.8 Å². The van der Waals surface area contributed by atoms with E-state index in [1.54, 1.807) is 18.2 Å². The highest BCUT2D eigenvalue weighted by Gasteiger charge is 2.27. The average molecular weight is 364 g/mol. The third-order valence-corrected chi connectivity index (χ3v) is 5.12. The second kappa shape index (κ2) is 6.91. The summed E-state index contributed by atoms with van der Waals surface area (Å²) in [4.78, 5) is 0.153. The summed E-state index contributed by atoms with van der Waals surface area (Å²) in [7, 11) is -2.16. The molecule has 0 saturated carbocycles. The van der Waals surface area contributed by atoms with Gasteiger partial charge in [-0.05, 0) is 30.0 Å². The predicted octanol–water partition coefficient (Wildman–Crippen LogP) is 3.42. The van der Waals surface area contributed by atoms with E-state index in [1.165, 1.54) is 7.11 Å². The molecule has 1 aromatic carbocycles. The van der Waals surface area contributed by atoms with Crippen LogP contribution in [0.4, 0.5) is 0 Å². The van der Waals surface area contributed by atoms with Gasteiger partial charge < -0.3 is 4.74 Å². The number of rotatable bonds is 6. The van der Waals surface area contributed by atoms with Gasteiger partial charge in [-0.15, -0.1) is 0 Å². The Hall–Kier alpha value is -0.590. The predicted molar refractivity (Wildman–Crippen MR) is 84.5 cm³/mol. The maximum atomic E-state index is 12.6. The van der Waals surface area contributed by atoms with Crippen LogP contribution in [0.15, 0.2) is 27.6 Å². The molecule has 0 aliphatic carbocycles. The highest BCUT2D eigenvalue weighted by molar-refractivity contribution is 9.10. The van der Waals surface area contributed by atoms with Gasteiger partial charge in [0.25, 0.3) is 0 Å². The smallest absolute Gasteiger partial charge is 0.244 e. The molecule has 0 aromatic heterocycles. The Morgan fingerprint density at radius 1 is 1.15 bits per heavy atom. The van der Waals surface area contributed by atoms with Crippen molar-refractivity contribution in [3.05, 3.63) is 22.7 Å². The molecule has 4 nitrogen and oxygen atoms in total. The summed E-state index contributed by atoms with van der Waals surface area (Å²) in [6.07, 6.45) is 0. The fourth-order valence-corrected chi connectivity index (χ4v) is 4.39. The van der Waals surface area contributed by atoms with Crippen molar-refractivity contribution in [2.45, 2.75) is 38.6 Å². The lowest BCUT2D eigenvalue weighted by molar-refractivity contribution is 0.354. The Bertz CT molecular complexity index is 548. The zero-order valence-electron chi connectivity index (χ0n) is 12.5. The molecule has 0 aliphatic rings. The molecule has 0 amide bonds. The first-order chi connectivity index (χ1) is 9.19. The van der Waals surface area contributed by atoms with Gasteiger partial charge in [0.05, 0.1) is 7.11 Å². The first kappa shape index (κ1) is 17.5. The molecule has 0 aliphatic heterocycles. The van der Waals surface area contributed by atoms with Gasteiger partial charge in [-0.25, -0.2) is 13.1 Å². The molecular formula is C14H22BrNO3S. The van der Waals surface area contributed by atoms with Crippen LogP contribution in [0.2, 0.25) is 0 Å². The monoisotopic (exact) mass is 363 g/mol. The minimum Gasteiger partial charge on any atom is -0.495 e. The minimum absolute atomic E-state index is 0.122. The number of halogens is 1. The van der Waals surface area contributed by atoms with Crippen LogP contribution < -0.4 is 9.46 Å². The second-order valence-electron chi connectivity index (χ2n) is 5.43. The van der Waals surface area contributed by atoms with Gasteiger partial charge in [0.2, 0.25) is 10.0 Å². The molecule has 0 bridgehead atoms.